The highest BCUT2D eigenvalue weighted by Crippen LogP contribution is 2.40. The zero-order chi connectivity index (χ0) is 24.8. The topological polar surface area (TPSA) is 94.4 Å². The summed E-state index contributed by atoms with van der Waals surface area (Å²) < 4.78 is 83.6. The fourth-order valence-electron chi connectivity index (χ4n) is 3.92. The Morgan fingerprint density at radius 1 is 0.657 bits per heavy atom. The Bertz CT molecular complexity index is 1530. The third-order valence-corrected chi connectivity index (χ3v) is 8.26. The molecule has 1 aliphatic carbocycles. The van der Waals surface area contributed by atoms with Gasteiger partial charge in [0.05, 0.1) is 9.79 Å². The quantitative estimate of drug-likeness (QED) is 0.315. The van der Waals surface area contributed by atoms with Crippen molar-refractivity contribution in [1.29, 1.82) is 0 Å². The highest BCUT2D eigenvalue weighted by molar-refractivity contribution is 7.94. The minimum Gasteiger partial charge on any atom is -0.573 e. The van der Waals surface area contributed by atoms with Crippen molar-refractivity contribution in [2.45, 2.75) is 16.2 Å². The summed E-state index contributed by atoms with van der Waals surface area (Å²) >= 11 is 0. The smallest absolute Gasteiger partial charge is 0.261 e. The molecule has 4 aromatic carbocycles. The zero-order valence-electron chi connectivity index (χ0n) is 17.9. The average molecular weight is 512 g/mol. The zero-order valence-corrected chi connectivity index (χ0v) is 19.6. The molecule has 0 aromatic heterocycles. The minimum absolute atomic E-state index is 0.0146. The standard InChI is InChI=1S/C25H17F2N2O4S2/c26-18-1-5-20(6-2-18)28-34(30,31)22-9-11-24-16(14-22)13-17-15-23(10-12-25(17)24)35(32,33)29-21-7-3-19(27)4-8-21/h1-12,14-15,28H,13H2/q-1. The molecule has 0 saturated carbocycles. The first-order chi connectivity index (χ1) is 16.6. The lowest BCUT2D eigenvalue weighted by molar-refractivity contribution is 0.600. The maximum atomic E-state index is 13.1. The first kappa shape index (κ1) is 23.0. The second-order valence-corrected chi connectivity index (χ2v) is 11.3. The molecule has 178 valence electrons. The van der Waals surface area contributed by atoms with E-state index in [2.05, 4.69) is 9.44 Å². The predicted octanol–water partition coefficient (Wildman–Crippen LogP) is 5.73. The van der Waals surface area contributed by atoms with E-state index in [1.165, 1.54) is 48.5 Å². The van der Waals surface area contributed by atoms with Gasteiger partial charge in [0.1, 0.15) is 21.7 Å². The summed E-state index contributed by atoms with van der Waals surface area (Å²) in [5, 5.41) is 0. The Morgan fingerprint density at radius 2 is 1.17 bits per heavy atom. The molecule has 0 bridgehead atoms. The number of nitrogens with zero attached hydrogens (tertiary/aromatic N) is 1. The van der Waals surface area contributed by atoms with E-state index >= 15 is 0 Å². The molecule has 0 heterocycles. The van der Waals surface area contributed by atoms with Crippen molar-refractivity contribution < 1.29 is 25.6 Å². The largest absolute Gasteiger partial charge is 0.573 e. The van der Waals surface area contributed by atoms with Crippen LogP contribution in [0.5, 0.6) is 0 Å². The van der Waals surface area contributed by atoms with Crippen molar-refractivity contribution in [3.05, 3.63) is 112 Å². The molecule has 10 heteroatoms. The van der Waals surface area contributed by atoms with Gasteiger partial charge in [-0.05, 0) is 89.3 Å². The SMILES string of the molecule is O=S(=O)([N-]c1ccc(F)cc1)c1ccc2c(c1)Cc1cc(S(=O)(=O)Nc3ccc(F)cc3)ccc1-2. The van der Waals surface area contributed by atoms with Gasteiger partial charge in [0, 0.05) is 5.69 Å². The molecule has 0 fully saturated rings. The van der Waals surface area contributed by atoms with Gasteiger partial charge in [-0.15, -0.1) is 5.69 Å². The maximum Gasteiger partial charge on any atom is 0.261 e. The predicted molar refractivity (Wildman–Crippen MR) is 128 cm³/mol. The van der Waals surface area contributed by atoms with Crippen molar-refractivity contribution in [3.63, 3.8) is 0 Å². The summed E-state index contributed by atoms with van der Waals surface area (Å²) in [6.07, 6.45) is 0.338. The van der Waals surface area contributed by atoms with Crippen LogP contribution in [0, 0.1) is 11.6 Å². The molecule has 0 amide bonds. The number of hydrogen-bond acceptors (Lipinski definition) is 4. The van der Waals surface area contributed by atoms with E-state index < -0.39 is 31.7 Å². The van der Waals surface area contributed by atoms with Gasteiger partial charge in [-0.1, -0.05) is 24.3 Å². The summed E-state index contributed by atoms with van der Waals surface area (Å²) in [5.41, 5.74) is 3.40. The van der Waals surface area contributed by atoms with Crippen LogP contribution in [-0.2, 0) is 26.5 Å². The van der Waals surface area contributed by atoms with Gasteiger partial charge >= 0.3 is 0 Å². The monoisotopic (exact) mass is 511 g/mol. The molecule has 6 nitrogen and oxygen atoms in total. The minimum atomic E-state index is -4.03. The van der Waals surface area contributed by atoms with E-state index in [0.717, 1.165) is 46.5 Å². The molecule has 0 spiro atoms. The number of fused-ring (bicyclic) bond motifs is 3. The number of anilines is 1. The Kier molecular flexibility index (Phi) is 5.57. The normalized spacial score (nSPS) is 12.6. The van der Waals surface area contributed by atoms with Crippen molar-refractivity contribution in [1.82, 2.24) is 0 Å². The second-order valence-electron chi connectivity index (χ2n) is 7.97. The summed E-state index contributed by atoms with van der Waals surface area (Å²) in [6, 6.07) is 19.1. The molecule has 0 atom stereocenters. The van der Waals surface area contributed by atoms with Crippen LogP contribution in [0.4, 0.5) is 20.2 Å². The van der Waals surface area contributed by atoms with Gasteiger partial charge in [-0.25, -0.2) is 25.6 Å². The van der Waals surface area contributed by atoms with Crippen LogP contribution < -0.4 is 4.72 Å². The average Bonchev–Trinajstić information content (AvgIpc) is 3.19. The number of halogens is 2. The molecule has 35 heavy (non-hydrogen) atoms. The van der Waals surface area contributed by atoms with E-state index in [0.29, 0.717) is 6.42 Å². The molecule has 1 N–H and O–H groups in total. The number of benzene rings is 4. The lowest BCUT2D eigenvalue weighted by Gasteiger charge is -2.22. The highest BCUT2D eigenvalue weighted by Gasteiger charge is 2.23. The molecule has 0 saturated heterocycles. The van der Waals surface area contributed by atoms with E-state index in [1.54, 1.807) is 12.1 Å². The van der Waals surface area contributed by atoms with Gasteiger partial charge in [0.25, 0.3) is 10.0 Å². The summed E-state index contributed by atoms with van der Waals surface area (Å²) in [6.45, 7) is 0. The van der Waals surface area contributed by atoms with E-state index in [9.17, 15) is 25.6 Å². The van der Waals surface area contributed by atoms with E-state index in [1.807, 2.05) is 0 Å². The van der Waals surface area contributed by atoms with Crippen LogP contribution in [0.2, 0.25) is 0 Å². The third-order valence-electron chi connectivity index (χ3n) is 5.58. The fraction of sp³-hybridized carbons (Fsp3) is 0.0400. The van der Waals surface area contributed by atoms with Gasteiger partial charge in [-0.3, -0.25) is 4.72 Å². The van der Waals surface area contributed by atoms with Crippen LogP contribution in [0.3, 0.4) is 0 Å². The number of rotatable bonds is 6. The molecule has 1 aliphatic rings. The Balaban J connectivity index is 1.40. The molecular weight excluding hydrogens is 494 g/mol. The van der Waals surface area contributed by atoms with Crippen LogP contribution in [0.15, 0.2) is 94.7 Å². The number of nitrogens with one attached hydrogen (secondary N) is 1. The summed E-state index contributed by atoms with van der Waals surface area (Å²) in [5.74, 6) is -0.971. The highest BCUT2D eigenvalue weighted by atomic mass is 32.2. The Labute approximate surface area is 201 Å². The third kappa shape index (κ3) is 4.62. The van der Waals surface area contributed by atoms with Crippen molar-refractivity contribution in [2.24, 2.45) is 0 Å². The Hall–Kier alpha value is -3.76. The van der Waals surface area contributed by atoms with Crippen molar-refractivity contribution in [2.75, 3.05) is 4.72 Å². The molecule has 0 radical (unpaired) electrons. The molecule has 5 rings (SSSR count). The number of hydrogen-bond donors (Lipinski definition) is 1. The summed E-state index contributed by atoms with van der Waals surface area (Å²) in [7, 11) is -7.95. The van der Waals surface area contributed by atoms with Crippen LogP contribution in [0.1, 0.15) is 11.1 Å². The van der Waals surface area contributed by atoms with Gasteiger partial charge in [0.2, 0.25) is 0 Å². The number of sulfonamides is 2. The molecule has 0 aliphatic heterocycles. The van der Waals surface area contributed by atoms with Gasteiger partial charge in [0.15, 0.2) is 0 Å². The van der Waals surface area contributed by atoms with Crippen LogP contribution in [0.25, 0.3) is 15.8 Å². The first-order valence-electron chi connectivity index (χ1n) is 10.4. The molecule has 0 unspecified atom stereocenters. The second kappa shape index (κ2) is 8.47. The van der Waals surface area contributed by atoms with E-state index in [-0.39, 0.29) is 21.2 Å². The fourth-order valence-corrected chi connectivity index (χ4v) is 6.06. The Morgan fingerprint density at radius 3 is 1.77 bits per heavy atom. The van der Waals surface area contributed by atoms with Crippen LogP contribution >= 0.6 is 0 Å². The first-order valence-corrected chi connectivity index (χ1v) is 13.3. The molecule has 4 aromatic rings. The van der Waals surface area contributed by atoms with Gasteiger partial charge in [-0.2, -0.15) is 0 Å². The van der Waals surface area contributed by atoms with Crippen molar-refractivity contribution in [3.8, 4) is 11.1 Å². The maximum absolute atomic E-state index is 13.1. The van der Waals surface area contributed by atoms with Crippen LogP contribution in [-0.4, -0.2) is 16.8 Å². The molecular formula is C25H17F2N2O4S2-. The van der Waals surface area contributed by atoms with E-state index in [4.69, 9.17) is 0 Å². The summed E-state index contributed by atoms with van der Waals surface area (Å²) in [4.78, 5) is 0.0201. The van der Waals surface area contributed by atoms with Gasteiger partial charge < -0.3 is 4.72 Å². The van der Waals surface area contributed by atoms with Crippen molar-refractivity contribution >= 4 is 31.4 Å². The lowest BCUT2D eigenvalue weighted by atomic mass is 10.1. The lowest BCUT2D eigenvalue weighted by Crippen LogP contribution is -2.13.